The third-order valence-electron chi connectivity index (χ3n) is 8.46. The second-order valence-corrected chi connectivity index (χ2v) is 12.4. The fraction of sp³-hybridized carbons (Fsp3) is 0.857. The van der Waals surface area contributed by atoms with Gasteiger partial charge in [0.1, 0.15) is 0 Å². The van der Waals surface area contributed by atoms with Crippen LogP contribution in [-0.2, 0) is 14.4 Å². The van der Waals surface area contributed by atoms with Gasteiger partial charge in [-0.2, -0.15) is 0 Å². The number of unbranched alkanes of at least 4 members (excludes halogenated alkanes) is 17. The summed E-state index contributed by atoms with van der Waals surface area (Å²) in [6, 6.07) is 0. The van der Waals surface area contributed by atoms with Crippen LogP contribution in [-0.4, -0.2) is 63.9 Å². The first-order valence-electron chi connectivity index (χ1n) is 17.5. The number of hydrogen-bond acceptors (Lipinski definition) is 3. The predicted molar refractivity (Wildman–Crippen MR) is 173 cm³/mol. The Labute approximate surface area is 257 Å². The maximum Gasteiger partial charge on any atom is 0.303 e. The van der Waals surface area contributed by atoms with Crippen LogP contribution in [0.15, 0.2) is 12.2 Å². The highest BCUT2D eigenvalue weighted by molar-refractivity contribution is 5.67. The van der Waals surface area contributed by atoms with E-state index in [4.69, 9.17) is 15.3 Å². The van der Waals surface area contributed by atoms with Gasteiger partial charge in [-0.15, -0.1) is 0 Å². The Morgan fingerprint density at radius 1 is 0.429 bits per heavy atom. The van der Waals surface area contributed by atoms with E-state index in [9.17, 15) is 14.4 Å². The molecule has 0 saturated heterocycles. The van der Waals surface area contributed by atoms with E-state index < -0.39 is 17.9 Å². The molecule has 3 N–H and O–H groups in total. The van der Waals surface area contributed by atoms with Gasteiger partial charge in [0, 0.05) is 19.3 Å². The molecule has 0 aromatic carbocycles. The molecule has 0 radical (unpaired) electrons. The normalized spacial score (nSPS) is 11.8. The van der Waals surface area contributed by atoms with E-state index in [1.54, 1.807) is 0 Å². The van der Waals surface area contributed by atoms with E-state index in [1.807, 2.05) is 0 Å². The van der Waals surface area contributed by atoms with Gasteiger partial charge in [0.05, 0.1) is 26.2 Å². The number of hydrogen-bond donors (Lipinski definition) is 3. The lowest BCUT2D eigenvalue weighted by Gasteiger charge is -2.39. The Hall–Kier alpha value is -1.89. The fourth-order valence-electron chi connectivity index (χ4n) is 5.89. The zero-order chi connectivity index (χ0) is 31.2. The number of nitrogens with zero attached hydrogens (tertiary/aromatic N) is 1. The molecule has 0 spiro atoms. The first kappa shape index (κ1) is 40.1. The van der Waals surface area contributed by atoms with Crippen molar-refractivity contribution < 1.29 is 34.2 Å². The maximum atomic E-state index is 11.0. The molecule has 42 heavy (non-hydrogen) atoms. The third-order valence-corrected chi connectivity index (χ3v) is 8.46. The van der Waals surface area contributed by atoms with Crippen LogP contribution >= 0.6 is 0 Å². The molecule has 0 saturated carbocycles. The highest BCUT2D eigenvalue weighted by atomic mass is 16.4. The van der Waals surface area contributed by atoms with Crippen molar-refractivity contribution in [3.05, 3.63) is 12.2 Å². The number of rotatable bonds is 33. The van der Waals surface area contributed by atoms with Gasteiger partial charge in [-0.05, 0) is 70.6 Å². The summed E-state index contributed by atoms with van der Waals surface area (Å²) in [7, 11) is 0. The standard InChI is InChI=1S/C35H65NO6/c1-2-3-4-5-6-7-8-9-10-11-12-13-14-15-16-17-18-22-29-36(30-23-19-26-33(37)38,31-24-20-27-34(39)40)32-25-21-28-35(41)42/h15-16H,2-14,17-32H2,1H3,(H2-,37,38,39,40,41,42)/p+1/b16-15+. The van der Waals surface area contributed by atoms with Crippen LogP contribution in [0.3, 0.4) is 0 Å². The fourth-order valence-corrected chi connectivity index (χ4v) is 5.89. The average Bonchev–Trinajstić information content (AvgIpc) is 2.94. The summed E-state index contributed by atoms with van der Waals surface area (Å²) in [5.74, 6) is -2.32. The van der Waals surface area contributed by atoms with Gasteiger partial charge < -0.3 is 19.8 Å². The molecule has 0 heterocycles. The highest BCUT2D eigenvalue weighted by Gasteiger charge is 2.26. The largest absolute Gasteiger partial charge is 0.481 e. The molecule has 0 unspecified atom stereocenters. The molecule has 0 aliphatic rings. The van der Waals surface area contributed by atoms with Crippen molar-refractivity contribution >= 4 is 17.9 Å². The summed E-state index contributed by atoms with van der Waals surface area (Å²) in [6.07, 6.45) is 30.4. The monoisotopic (exact) mass is 596 g/mol. The van der Waals surface area contributed by atoms with Crippen LogP contribution < -0.4 is 0 Å². The number of carbonyl (C=O) groups is 3. The lowest BCUT2D eigenvalue weighted by Crippen LogP contribution is -2.51. The Morgan fingerprint density at radius 2 is 0.714 bits per heavy atom. The SMILES string of the molecule is CCCCCCCCCCCCCC/C=C/CCCC[N+](CCCCC(=O)O)(CCCCC(=O)O)CCCCC(=O)O. The molecule has 0 fully saturated rings. The molecule has 0 bridgehead atoms. The molecular formula is C35H66NO6+. The van der Waals surface area contributed by atoms with Crippen molar-refractivity contribution in [1.82, 2.24) is 0 Å². The summed E-state index contributed by atoms with van der Waals surface area (Å²) in [5, 5.41) is 27.1. The lowest BCUT2D eigenvalue weighted by molar-refractivity contribution is -0.929. The van der Waals surface area contributed by atoms with Crippen molar-refractivity contribution in [3.8, 4) is 0 Å². The molecule has 0 atom stereocenters. The molecule has 0 aromatic heterocycles. The molecule has 0 aliphatic carbocycles. The van der Waals surface area contributed by atoms with Crippen LogP contribution in [0.4, 0.5) is 0 Å². The average molecular weight is 597 g/mol. The highest BCUT2D eigenvalue weighted by Crippen LogP contribution is 2.19. The Morgan fingerprint density at radius 3 is 1.05 bits per heavy atom. The van der Waals surface area contributed by atoms with Gasteiger partial charge >= 0.3 is 17.9 Å². The topological polar surface area (TPSA) is 112 Å². The minimum Gasteiger partial charge on any atom is -0.481 e. The van der Waals surface area contributed by atoms with E-state index in [2.05, 4.69) is 19.1 Å². The van der Waals surface area contributed by atoms with Gasteiger partial charge in [0.2, 0.25) is 0 Å². The van der Waals surface area contributed by atoms with Crippen molar-refractivity contribution in [2.45, 2.75) is 167 Å². The molecular weight excluding hydrogens is 530 g/mol. The molecule has 0 aliphatic heterocycles. The summed E-state index contributed by atoms with van der Waals surface area (Å²) < 4.78 is 0.849. The minimum absolute atomic E-state index is 0.169. The van der Waals surface area contributed by atoms with Crippen molar-refractivity contribution in [1.29, 1.82) is 0 Å². The second-order valence-electron chi connectivity index (χ2n) is 12.4. The quantitative estimate of drug-likeness (QED) is 0.0395. The smallest absolute Gasteiger partial charge is 0.303 e. The van der Waals surface area contributed by atoms with E-state index >= 15 is 0 Å². The minimum atomic E-state index is -0.772. The summed E-state index contributed by atoms with van der Waals surface area (Å²) in [5.41, 5.74) is 0. The van der Waals surface area contributed by atoms with Gasteiger partial charge in [0.15, 0.2) is 0 Å². The third kappa shape index (κ3) is 28.2. The van der Waals surface area contributed by atoms with Crippen LogP contribution in [0.25, 0.3) is 0 Å². The molecule has 0 aromatic rings. The summed E-state index contributed by atoms with van der Waals surface area (Å²) >= 11 is 0. The molecule has 0 rings (SSSR count). The number of carboxylic acids is 3. The van der Waals surface area contributed by atoms with Crippen LogP contribution in [0.1, 0.15) is 167 Å². The Kier molecular flexibility index (Phi) is 27.9. The molecule has 7 heteroatoms. The van der Waals surface area contributed by atoms with Crippen molar-refractivity contribution in [2.24, 2.45) is 0 Å². The van der Waals surface area contributed by atoms with Gasteiger partial charge in [0.25, 0.3) is 0 Å². The van der Waals surface area contributed by atoms with Crippen LogP contribution in [0, 0.1) is 0 Å². The molecule has 7 nitrogen and oxygen atoms in total. The van der Waals surface area contributed by atoms with Crippen molar-refractivity contribution in [2.75, 3.05) is 26.2 Å². The lowest BCUT2D eigenvalue weighted by atomic mass is 10.0. The number of aliphatic carboxylic acids is 3. The maximum absolute atomic E-state index is 11.0. The number of quaternary nitrogens is 1. The van der Waals surface area contributed by atoms with E-state index in [0.29, 0.717) is 19.3 Å². The van der Waals surface area contributed by atoms with Gasteiger partial charge in [-0.25, -0.2) is 0 Å². The number of carboxylic acid groups (broad SMARTS) is 3. The van der Waals surface area contributed by atoms with Gasteiger partial charge in [-0.1, -0.05) is 89.7 Å². The van der Waals surface area contributed by atoms with Crippen LogP contribution in [0.2, 0.25) is 0 Å². The second kappa shape index (κ2) is 29.2. The van der Waals surface area contributed by atoms with E-state index in [-0.39, 0.29) is 19.3 Å². The zero-order valence-electron chi connectivity index (χ0n) is 27.2. The van der Waals surface area contributed by atoms with Crippen molar-refractivity contribution in [3.63, 3.8) is 0 Å². The summed E-state index contributed by atoms with van der Waals surface area (Å²) in [4.78, 5) is 33.0. The van der Waals surface area contributed by atoms with E-state index in [1.165, 1.54) is 77.0 Å². The van der Waals surface area contributed by atoms with Crippen LogP contribution in [0.5, 0.6) is 0 Å². The molecule has 0 amide bonds. The first-order valence-corrected chi connectivity index (χ1v) is 17.5. The Bertz CT molecular complexity index is 638. The van der Waals surface area contributed by atoms with E-state index in [0.717, 1.165) is 75.6 Å². The summed E-state index contributed by atoms with van der Waals surface area (Å²) in [6.45, 7) is 5.89. The predicted octanol–water partition coefficient (Wildman–Crippen LogP) is 9.39. The van der Waals surface area contributed by atoms with Gasteiger partial charge in [-0.3, -0.25) is 14.4 Å². The molecule has 246 valence electrons. The zero-order valence-corrected chi connectivity index (χ0v) is 27.2. The Balaban J connectivity index is 4.39. The first-order chi connectivity index (χ1) is 20.3. The number of allylic oxidation sites excluding steroid dienone is 2.